The van der Waals surface area contributed by atoms with E-state index in [2.05, 4.69) is 36.8 Å². The van der Waals surface area contributed by atoms with Gasteiger partial charge < -0.3 is 15.7 Å². The number of fused-ring (bicyclic) bond motifs is 1. The number of aromatic nitrogens is 5. The Bertz CT molecular complexity index is 1590. The number of amides is 2. The number of piperidine rings is 1. The van der Waals surface area contributed by atoms with Crippen molar-refractivity contribution in [2.75, 3.05) is 29.4 Å². The molecular weight excluding hydrogens is 516 g/mol. The number of anilines is 2. The molecule has 0 radical (unpaired) electrons. The van der Waals surface area contributed by atoms with Crippen LogP contribution in [-0.2, 0) is 4.79 Å². The van der Waals surface area contributed by atoms with Crippen molar-refractivity contribution in [2.45, 2.75) is 26.7 Å². The Hall–Kier alpha value is -4.63. The van der Waals surface area contributed by atoms with Crippen LogP contribution in [0.5, 0.6) is 0 Å². The van der Waals surface area contributed by atoms with Gasteiger partial charge in [-0.25, -0.2) is 24.7 Å². The van der Waals surface area contributed by atoms with Gasteiger partial charge in [0, 0.05) is 55.5 Å². The second kappa shape index (κ2) is 10.6. The largest absolute Gasteiger partial charge is 0.481 e. The van der Waals surface area contributed by atoms with Crippen LogP contribution in [0.15, 0.2) is 43.1 Å². The number of nitrogens with zero attached hydrogens (tertiary/aromatic N) is 7. The average Bonchev–Trinajstić information content (AvgIpc) is 3.36. The van der Waals surface area contributed by atoms with Gasteiger partial charge in [-0.3, -0.25) is 14.7 Å². The summed E-state index contributed by atoms with van der Waals surface area (Å²) in [4.78, 5) is 49.0. The van der Waals surface area contributed by atoms with E-state index < -0.39 is 17.4 Å². The number of nitrogens with two attached hydrogens (primary N) is 1. The summed E-state index contributed by atoms with van der Waals surface area (Å²) in [7, 11) is 0. The molecule has 3 aromatic heterocycles. The van der Waals surface area contributed by atoms with Crippen molar-refractivity contribution in [1.82, 2.24) is 24.9 Å². The molecule has 2 amide bonds. The van der Waals surface area contributed by atoms with Gasteiger partial charge in [-0.15, -0.1) is 0 Å². The van der Waals surface area contributed by atoms with Gasteiger partial charge in [-0.05, 0) is 50.3 Å². The number of carboxylic acid groups (broad SMARTS) is 1. The third kappa shape index (κ3) is 5.35. The van der Waals surface area contributed by atoms with Crippen LogP contribution in [0.25, 0.3) is 21.3 Å². The van der Waals surface area contributed by atoms with E-state index in [1.807, 2.05) is 24.0 Å². The Morgan fingerprint density at radius 1 is 1.10 bits per heavy atom. The van der Waals surface area contributed by atoms with E-state index in [-0.39, 0.29) is 0 Å². The predicted molar refractivity (Wildman–Crippen MR) is 148 cm³/mol. The molecule has 11 nitrogen and oxygen atoms in total. The molecule has 5 rings (SSSR count). The minimum absolute atomic E-state index is 0.389. The van der Waals surface area contributed by atoms with Crippen LogP contribution in [0.1, 0.15) is 37.9 Å². The predicted octanol–water partition coefficient (Wildman–Crippen LogP) is 3.54. The van der Waals surface area contributed by atoms with Crippen molar-refractivity contribution in [2.24, 2.45) is 11.1 Å². The lowest BCUT2D eigenvalue weighted by atomic mass is 9.80. The van der Waals surface area contributed by atoms with E-state index in [4.69, 9.17) is 5.73 Å². The molecule has 198 valence electrons. The fraction of sp³-hybridized carbons (Fsp3) is 0.296. The van der Waals surface area contributed by atoms with Crippen LogP contribution < -0.4 is 15.5 Å². The monoisotopic (exact) mass is 542 g/mol. The summed E-state index contributed by atoms with van der Waals surface area (Å²) in [5, 5.41) is 9.99. The van der Waals surface area contributed by atoms with E-state index in [1.165, 1.54) is 16.2 Å². The third-order valence-corrected chi connectivity index (χ3v) is 7.95. The lowest BCUT2D eigenvalue weighted by molar-refractivity contribution is -0.149. The molecule has 0 atom stereocenters. The van der Waals surface area contributed by atoms with Gasteiger partial charge in [0.25, 0.3) is 0 Å². The Labute approximate surface area is 228 Å². The van der Waals surface area contributed by atoms with Crippen LogP contribution in [0.3, 0.4) is 0 Å². The molecule has 0 spiro atoms. The quantitative estimate of drug-likeness (QED) is 0.361. The molecular formula is C27H26N8O3S. The smallest absolute Gasteiger partial charge is 0.321 e. The lowest BCUT2D eigenvalue weighted by Crippen LogP contribution is -2.43. The number of hydrogen-bond donors (Lipinski definition) is 2. The number of hydrogen-bond acceptors (Lipinski definition) is 9. The normalized spacial score (nSPS) is 14.5. The molecule has 12 heteroatoms. The highest BCUT2D eigenvalue weighted by atomic mass is 32.1. The fourth-order valence-electron chi connectivity index (χ4n) is 4.32. The van der Waals surface area contributed by atoms with E-state index >= 15 is 0 Å². The van der Waals surface area contributed by atoms with Crippen LogP contribution in [0, 0.1) is 17.3 Å². The Balaban J connectivity index is 1.49. The molecule has 0 bridgehead atoms. The maximum atomic E-state index is 11.9. The SMILES string of the molecule is CCN(C(N)=O)c1nc2cc(-c3cnc(N4CCC(C)(C(=O)O)CC4)nc3)cc(C#Cc3cnccn3)c2s1. The van der Waals surface area contributed by atoms with Gasteiger partial charge in [0.15, 0.2) is 5.13 Å². The summed E-state index contributed by atoms with van der Waals surface area (Å²) in [6, 6.07) is 3.27. The first kappa shape index (κ1) is 26.0. The Morgan fingerprint density at radius 3 is 2.46 bits per heavy atom. The third-order valence-electron chi connectivity index (χ3n) is 6.82. The average molecular weight is 543 g/mol. The van der Waals surface area contributed by atoms with Gasteiger partial charge in [0.1, 0.15) is 5.69 Å². The molecule has 4 aromatic rings. The highest BCUT2D eigenvalue weighted by molar-refractivity contribution is 7.22. The molecule has 0 aliphatic carbocycles. The van der Waals surface area contributed by atoms with E-state index in [0.29, 0.717) is 60.3 Å². The minimum atomic E-state index is -0.768. The van der Waals surface area contributed by atoms with Gasteiger partial charge in [-0.2, -0.15) is 0 Å². The zero-order valence-electron chi connectivity index (χ0n) is 21.5. The van der Waals surface area contributed by atoms with Crippen molar-refractivity contribution < 1.29 is 14.7 Å². The number of aliphatic carboxylic acids is 1. The maximum Gasteiger partial charge on any atom is 0.321 e. The summed E-state index contributed by atoms with van der Waals surface area (Å²) < 4.78 is 0.817. The van der Waals surface area contributed by atoms with Crippen LogP contribution in [-0.4, -0.2) is 61.7 Å². The number of benzene rings is 1. The molecule has 0 unspecified atom stereocenters. The highest BCUT2D eigenvalue weighted by Gasteiger charge is 2.37. The Morgan fingerprint density at radius 2 is 1.85 bits per heavy atom. The van der Waals surface area contributed by atoms with Crippen molar-refractivity contribution in [3.05, 3.63) is 54.4 Å². The molecule has 4 heterocycles. The first-order valence-electron chi connectivity index (χ1n) is 12.4. The van der Waals surface area contributed by atoms with Crippen molar-refractivity contribution >= 4 is 44.6 Å². The van der Waals surface area contributed by atoms with Crippen LogP contribution >= 0.6 is 11.3 Å². The zero-order chi connectivity index (χ0) is 27.6. The number of carbonyl (C=O) groups is 2. The number of carboxylic acids is 1. The van der Waals surface area contributed by atoms with E-state index in [9.17, 15) is 14.7 Å². The molecule has 1 aliphatic heterocycles. The standard InChI is InChI=1S/C27H26N8O3S/c1-3-35(24(28)38)26-33-21-13-18(12-17(22(21)39-26)4-5-20-16-29-8-9-30-20)19-14-31-25(32-15-19)34-10-6-27(2,7-11-34)23(36)37/h8-9,12-16H,3,6-7,10-11H2,1-2H3,(H2,28,38)(H,36,37). The van der Waals surface area contributed by atoms with Crippen molar-refractivity contribution in [3.8, 4) is 23.0 Å². The Kier molecular flexibility index (Phi) is 7.08. The van der Waals surface area contributed by atoms with Crippen molar-refractivity contribution in [3.63, 3.8) is 0 Å². The topological polar surface area (TPSA) is 151 Å². The molecule has 1 saturated heterocycles. The first-order valence-corrected chi connectivity index (χ1v) is 13.2. The maximum absolute atomic E-state index is 11.9. The fourth-order valence-corrected chi connectivity index (χ4v) is 5.41. The second-order valence-electron chi connectivity index (χ2n) is 9.42. The van der Waals surface area contributed by atoms with E-state index in [1.54, 1.807) is 37.9 Å². The number of primary amides is 1. The number of rotatable bonds is 5. The molecule has 3 N–H and O–H groups in total. The van der Waals surface area contributed by atoms with Gasteiger partial charge in [0.2, 0.25) is 5.95 Å². The summed E-state index contributed by atoms with van der Waals surface area (Å²) in [5.74, 6) is 6.02. The van der Waals surface area contributed by atoms with Gasteiger partial charge in [0.05, 0.1) is 21.8 Å². The molecule has 0 saturated carbocycles. The summed E-state index contributed by atoms with van der Waals surface area (Å²) in [6.45, 7) is 5.16. The summed E-state index contributed by atoms with van der Waals surface area (Å²) in [6.07, 6.45) is 9.29. The number of thiazole rings is 1. The molecule has 1 fully saturated rings. The summed E-state index contributed by atoms with van der Waals surface area (Å²) in [5.41, 5.74) is 8.34. The molecule has 1 aromatic carbocycles. The number of carbonyl (C=O) groups excluding carboxylic acids is 1. The van der Waals surface area contributed by atoms with Crippen LogP contribution in [0.4, 0.5) is 15.9 Å². The first-order chi connectivity index (χ1) is 18.8. The minimum Gasteiger partial charge on any atom is -0.481 e. The van der Waals surface area contributed by atoms with Gasteiger partial charge >= 0.3 is 12.0 Å². The molecule has 1 aliphatic rings. The lowest BCUT2D eigenvalue weighted by Gasteiger charge is -2.36. The number of urea groups is 1. The second-order valence-corrected chi connectivity index (χ2v) is 10.4. The zero-order valence-corrected chi connectivity index (χ0v) is 22.3. The molecule has 39 heavy (non-hydrogen) atoms. The van der Waals surface area contributed by atoms with Crippen molar-refractivity contribution in [1.29, 1.82) is 0 Å². The highest BCUT2D eigenvalue weighted by Crippen LogP contribution is 2.35. The summed E-state index contributed by atoms with van der Waals surface area (Å²) >= 11 is 1.34. The van der Waals surface area contributed by atoms with E-state index in [0.717, 1.165) is 15.8 Å². The van der Waals surface area contributed by atoms with Crippen LogP contribution in [0.2, 0.25) is 0 Å². The van der Waals surface area contributed by atoms with Gasteiger partial charge in [-0.1, -0.05) is 17.3 Å².